The van der Waals surface area contributed by atoms with Crippen LogP contribution in [0.1, 0.15) is 44.1 Å². The highest BCUT2D eigenvalue weighted by Gasteiger charge is 2.34. The van der Waals surface area contributed by atoms with Gasteiger partial charge < -0.3 is 20.7 Å². The van der Waals surface area contributed by atoms with E-state index in [0.29, 0.717) is 44.3 Å². The molecule has 2 atom stereocenters. The van der Waals surface area contributed by atoms with Gasteiger partial charge in [0, 0.05) is 32.0 Å². The molecule has 0 radical (unpaired) electrons. The Kier molecular flexibility index (Phi) is 9.16. The molecule has 30 heavy (non-hydrogen) atoms. The monoisotopic (exact) mass is 425 g/mol. The summed E-state index contributed by atoms with van der Waals surface area (Å²) in [5.74, 6) is -2.61. The van der Waals surface area contributed by atoms with Crippen molar-refractivity contribution >= 4 is 17.8 Å². The maximum Gasteiger partial charge on any atom is 0.305 e. The molecule has 1 aromatic rings. The van der Waals surface area contributed by atoms with Gasteiger partial charge in [-0.3, -0.25) is 14.4 Å². The number of esters is 1. The summed E-state index contributed by atoms with van der Waals surface area (Å²) in [6.07, 6.45) is 3.11. The van der Waals surface area contributed by atoms with Gasteiger partial charge in [-0.05, 0) is 49.8 Å². The van der Waals surface area contributed by atoms with Gasteiger partial charge in [0.1, 0.15) is 6.04 Å². The zero-order valence-corrected chi connectivity index (χ0v) is 17.2. The fraction of sp³-hybridized carbons (Fsp3) is 0.571. The van der Waals surface area contributed by atoms with Gasteiger partial charge in [-0.25, -0.2) is 8.78 Å². The van der Waals surface area contributed by atoms with Gasteiger partial charge in [0.15, 0.2) is 11.6 Å². The van der Waals surface area contributed by atoms with E-state index in [1.807, 2.05) is 0 Å². The van der Waals surface area contributed by atoms with Crippen LogP contribution in [0.25, 0.3) is 0 Å². The zero-order chi connectivity index (χ0) is 22.1. The van der Waals surface area contributed by atoms with Gasteiger partial charge >= 0.3 is 5.97 Å². The lowest BCUT2D eigenvalue weighted by Gasteiger charge is -2.25. The van der Waals surface area contributed by atoms with Crippen molar-refractivity contribution in [1.82, 2.24) is 10.2 Å². The minimum absolute atomic E-state index is 0.0158. The molecule has 1 aliphatic heterocycles. The van der Waals surface area contributed by atoms with Gasteiger partial charge in [-0.1, -0.05) is 6.07 Å². The molecule has 166 valence electrons. The van der Waals surface area contributed by atoms with Crippen molar-refractivity contribution in [2.45, 2.75) is 57.0 Å². The van der Waals surface area contributed by atoms with E-state index < -0.39 is 23.7 Å². The average Bonchev–Trinajstić information content (AvgIpc) is 3.20. The van der Waals surface area contributed by atoms with Gasteiger partial charge in [0.25, 0.3) is 0 Å². The normalized spacial score (nSPS) is 16.9. The number of rotatable bonds is 10. The molecule has 2 rings (SSSR count). The van der Waals surface area contributed by atoms with Gasteiger partial charge in [0.05, 0.1) is 7.11 Å². The molecule has 1 aromatic carbocycles. The number of halogens is 2. The highest BCUT2D eigenvalue weighted by molar-refractivity contribution is 5.88. The predicted octanol–water partition coefficient (Wildman–Crippen LogP) is 1.68. The third-order valence-electron chi connectivity index (χ3n) is 5.13. The largest absolute Gasteiger partial charge is 0.469 e. The number of nitrogens with two attached hydrogens (primary N) is 1. The number of benzene rings is 1. The number of nitrogens with zero attached hydrogens (tertiary/aromatic N) is 1. The van der Waals surface area contributed by atoms with Crippen LogP contribution in [0.15, 0.2) is 18.2 Å². The molecule has 0 unspecified atom stereocenters. The highest BCUT2D eigenvalue weighted by atomic mass is 19.2. The second kappa shape index (κ2) is 11.6. The standard InChI is InChI=1S/C21H29F2N3O4/c1-30-20(28)6-2-3-9-25-21(29)18-5-4-10-26(18)19(27)13-15(24)11-14-7-8-16(22)17(23)12-14/h7-8,12,15,18H,2-6,9-11,13,24H2,1H3,(H,25,29)/t15-,18+/m1/s1. The van der Waals surface area contributed by atoms with Crippen LogP contribution >= 0.6 is 0 Å². The Labute approximate surface area is 174 Å². The Morgan fingerprint density at radius 1 is 1.27 bits per heavy atom. The average molecular weight is 425 g/mol. The van der Waals surface area contributed by atoms with E-state index in [2.05, 4.69) is 10.1 Å². The highest BCUT2D eigenvalue weighted by Crippen LogP contribution is 2.20. The Hall–Kier alpha value is -2.55. The molecular formula is C21H29F2N3O4. The van der Waals surface area contributed by atoms with E-state index in [1.165, 1.54) is 18.1 Å². The molecule has 2 amide bonds. The van der Waals surface area contributed by atoms with E-state index in [0.717, 1.165) is 18.6 Å². The summed E-state index contributed by atoms with van der Waals surface area (Å²) in [4.78, 5) is 37.7. The number of likely N-dealkylation sites (tertiary alicyclic amines) is 1. The molecule has 3 N–H and O–H groups in total. The minimum atomic E-state index is -0.950. The predicted molar refractivity (Wildman–Crippen MR) is 106 cm³/mol. The van der Waals surface area contributed by atoms with Crippen molar-refractivity contribution in [3.05, 3.63) is 35.4 Å². The molecule has 0 bridgehead atoms. The summed E-state index contributed by atoms with van der Waals surface area (Å²) >= 11 is 0. The number of hydrogen-bond donors (Lipinski definition) is 2. The summed E-state index contributed by atoms with van der Waals surface area (Å²) in [5.41, 5.74) is 6.54. The van der Waals surface area contributed by atoms with Crippen LogP contribution in [0.5, 0.6) is 0 Å². The molecule has 1 heterocycles. The second-order valence-electron chi connectivity index (χ2n) is 7.49. The quantitative estimate of drug-likeness (QED) is 0.439. The Morgan fingerprint density at radius 2 is 2.03 bits per heavy atom. The lowest BCUT2D eigenvalue weighted by molar-refractivity contribution is -0.140. The van der Waals surface area contributed by atoms with Crippen molar-refractivity contribution in [3.8, 4) is 0 Å². The number of carbonyl (C=O) groups excluding carboxylic acids is 3. The van der Waals surface area contributed by atoms with Crippen LogP contribution in [0.2, 0.25) is 0 Å². The SMILES string of the molecule is COC(=O)CCCCNC(=O)[C@@H]1CCCN1C(=O)C[C@H](N)Cc1ccc(F)c(F)c1. The van der Waals surface area contributed by atoms with Gasteiger partial charge in [-0.2, -0.15) is 0 Å². The zero-order valence-electron chi connectivity index (χ0n) is 17.2. The summed E-state index contributed by atoms with van der Waals surface area (Å²) < 4.78 is 30.9. The molecule has 1 aliphatic rings. The van der Waals surface area contributed by atoms with Crippen LogP contribution in [-0.4, -0.2) is 55.0 Å². The van der Waals surface area contributed by atoms with Crippen molar-refractivity contribution < 1.29 is 27.9 Å². The third-order valence-corrected chi connectivity index (χ3v) is 5.13. The first-order valence-electron chi connectivity index (χ1n) is 10.1. The van der Waals surface area contributed by atoms with Gasteiger partial charge in [-0.15, -0.1) is 0 Å². The first-order chi connectivity index (χ1) is 14.3. The first-order valence-corrected chi connectivity index (χ1v) is 10.1. The molecule has 0 spiro atoms. The van der Waals surface area contributed by atoms with Crippen molar-refractivity contribution in [2.24, 2.45) is 5.73 Å². The van der Waals surface area contributed by atoms with Crippen molar-refractivity contribution in [1.29, 1.82) is 0 Å². The van der Waals surface area contributed by atoms with E-state index >= 15 is 0 Å². The number of ether oxygens (including phenoxy) is 1. The number of unbranched alkanes of at least 4 members (excludes halogenated alkanes) is 1. The fourth-order valence-corrected chi connectivity index (χ4v) is 3.55. The number of amides is 2. The Balaban J connectivity index is 1.79. The van der Waals surface area contributed by atoms with Crippen molar-refractivity contribution in [3.63, 3.8) is 0 Å². The lowest BCUT2D eigenvalue weighted by Crippen LogP contribution is -2.47. The Morgan fingerprint density at radius 3 is 2.73 bits per heavy atom. The van der Waals surface area contributed by atoms with Crippen LogP contribution in [0, 0.1) is 11.6 Å². The summed E-state index contributed by atoms with van der Waals surface area (Å²) in [5, 5.41) is 2.81. The smallest absolute Gasteiger partial charge is 0.305 e. The fourth-order valence-electron chi connectivity index (χ4n) is 3.55. The molecule has 0 saturated carbocycles. The van der Waals surface area contributed by atoms with E-state index in [-0.39, 0.29) is 30.6 Å². The van der Waals surface area contributed by atoms with E-state index in [4.69, 9.17) is 5.73 Å². The summed E-state index contributed by atoms with van der Waals surface area (Å²) in [6.45, 7) is 0.904. The number of methoxy groups -OCH3 is 1. The Bertz CT molecular complexity index is 760. The van der Waals surface area contributed by atoms with E-state index in [1.54, 1.807) is 0 Å². The molecule has 0 aliphatic carbocycles. The third kappa shape index (κ3) is 7.05. The van der Waals surface area contributed by atoms with Crippen LogP contribution in [0.3, 0.4) is 0 Å². The minimum Gasteiger partial charge on any atom is -0.469 e. The number of nitrogens with one attached hydrogen (secondary N) is 1. The maximum absolute atomic E-state index is 13.3. The van der Waals surface area contributed by atoms with Crippen LogP contribution < -0.4 is 11.1 Å². The summed E-state index contributed by atoms with van der Waals surface area (Å²) in [7, 11) is 1.33. The molecular weight excluding hydrogens is 396 g/mol. The second-order valence-corrected chi connectivity index (χ2v) is 7.49. The maximum atomic E-state index is 13.3. The van der Waals surface area contributed by atoms with Crippen molar-refractivity contribution in [2.75, 3.05) is 20.2 Å². The first kappa shape index (κ1) is 23.7. The van der Waals surface area contributed by atoms with Crippen LogP contribution in [0.4, 0.5) is 8.78 Å². The number of carbonyl (C=O) groups is 3. The molecule has 1 saturated heterocycles. The topological polar surface area (TPSA) is 102 Å². The lowest BCUT2D eigenvalue weighted by atomic mass is 10.0. The molecule has 1 fully saturated rings. The van der Waals surface area contributed by atoms with Gasteiger partial charge in [0.2, 0.25) is 11.8 Å². The molecule has 7 nitrogen and oxygen atoms in total. The molecule has 0 aromatic heterocycles. The summed E-state index contributed by atoms with van der Waals surface area (Å²) in [6, 6.07) is 2.45. The number of hydrogen-bond acceptors (Lipinski definition) is 5. The van der Waals surface area contributed by atoms with E-state index in [9.17, 15) is 23.2 Å². The van der Waals surface area contributed by atoms with Crippen LogP contribution in [-0.2, 0) is 25.5 Å². The molecule has 9 heteroatoms.